The van der Waals surface area contributed by atoms with Gasteiger partial charge in [-0.15, -0.1) is 5.10 Å². The summed E-state index contributed by atoms with van der Waals surface area (Å²) >= 11 is 0. The van der Waals surface area contributed by atoms with E-state index >= 15 is 4.39 Å². The zero-order valence-electron chi connectivity index (χ0n) is 19.2. The van der Waals surface area contributed by atoms with Crippen molar-refractivity contribution in [3.05, 3.63) is 66.2 Å². The quantitative estimate of drug-likeness (QED) is 0.535. The zero-order chi connectivity index (χ0) is 24.4. The number of carbonyl (C=O) groups is 2. The summed E-state index contributed by atoms with van der Waals surface area (Å²) in [6, 6.07) is 11.8. The van der Waals surface area contributed by atoms with Crippen molar-refractivity contribution in [1.82, 2.24) is 19.9 Å². The van der Waals surface area contributed by atoms with E-state index in [-0.39, 0.29) is 5.91 Å². The SMILES string of the molecule is COc1cccc(C(=O)N2CCN(c3ccc(N4C[C@H](Cn5ccnn5)OC4=O)cc3F)CC2)c1. The van der Waals surface area contributed by atoms with Gasteiger partial charge in [0, 0.05) is 37.9 Å². The predicted octanol–water partition coefficient (Wildman–Crippen LogP) is 2.41. The van der Waals surface area contributed by atoms with Gasteiger partial charge in [0.15, 0.2) is 0 Å². The highest BCUT2D eigenvalue weighted by Crippen LogP contribution is 2.29. The van der Waals surface area contributed by atoms with Crippen molar-refractivity contribution < 1.29 is 23.5 Å². The summed E-state index contributed by atoms with van der Waals surface area (Å²) in [4.78, 5) is 30.3. The second-order valence-electron chi connectivity index (χ2n) is 8.39. The number of anilines is 2. The number of hydrogen-bond acceptors (Lipinski definition) is 7. The van der Waals surface area contributed by atoms with Crippen LogP contribution in [0.5, 0.6) is 5.75 Å². The monoisotopic (exact) mass is 480 g/mol. The number of halogens is 1. The Kier molecular flexibility index (Phi) is 6.21. The number of hydrogen-bond donors (Lipinski definition) is 0. The molecular weight excluding hydrogens is 455 g/mol. The van der Waals surface area contributed by atoms with E-state index in [0.717, 1.165) is 0 Å². The summed E-state index contributed by atoms with van der Waals surface area (Å²) in [7, 11) is 1.56. The number of piperazine rings is 1. The summed E-state index contributed by atoms with van der Waals surface area (Å²) in [5.74, 6) is 0.123. The van der Waals surface area contributed by atoms with Crippen molar-refractivity contribution in [2.24, 2.45) is 0 Å². The normalized spacial score (nSPS) is 18.1. The predicted molar refractivity (Wildman–Crippen MR) is 125 cm³/mol. The van der Waals surface area contributed by atoms with Gasteiger partial charge >= 0.3 is 6.09 Å². The van der Waals surface area contributed by atoms with Crippen molar-refractivity contribution in [2.75, 3.05) is 49.6 Å². The second-order valence-corrected chi connectivity index (χ2v) is 8.39. The maximum Gasteiger partial charge on any atom is 0.414 e. The summed E-state index contributed by atoms with van der Waals surface area (Å²) < 4.78 is 27.3. The van der Waals surface area contributed by atoms with Crippen LogP contribution in [0.15, 0.2) is 54.9 Å². The second kappa shape index (κ2) is 9.61. The standard InChI is InChI=1S/C24H25FN6O4/c1-34-19-4-2-3-17(13-19)23(32)29-11-9-28(10-12-29)22-6-5-18(14-21(22)25)31-16-20(35-24(31)33)15-30-8-7-26-27-30/h2-8,13-14,20H,9-12,15-16H2,1H3/t20-/m0/s1. The summed E-state index contributed by atoms with van der Waals surface area (Å²) in [5.41, 5.74) is 1.44. The Morgan fingerprint density at radius 2 is 2.00 bits per heavy atom. The van der Waals surface area contributed by atoms with E-state index < -0.39 is 18.0 Å². The number of ether oxygens (including phenoxy) is 2. The average molecular weight is 481 g/mol. The van der Waals surface area contributed by atoms with Crippen LogP contribution in [0, 0.1) is 5.82 Å². The van der Waals surface area contributed by atoms with Crippen LogP contribution < -0.4 is 14.5 Å². The molecule has 0 spiro atoms. The van der Waals surface area contributed by atoms with Crippen molar-refractivity contribution in [2.45, 2.75) is 12.6 Å². The minimum atomic E-state index is -0.521. The third kappa shape index (κ3) is 4.75. The lowest BCUT2D eigenvalue weighted by Crippen LogP contribution is -2.49. The lowest BCUT2D eigenvalue weighted by molar-refractivity contribution is 0.0746. The molecule has 182 valence electrons. The molecule has 0 N–H and O–H groups in total. The molecule has 3 aromatic rings. The van der Waals surface area contributed by atoms with Crippen LogP contribution in [0.4, 0.5) is 20.6 Å². The van der Waals surface area contributed by atoms with Crippen LogP contribution >= 0.6 is 0 Å². The molecule has 2 saturated heterocycles. The van der Waals surface area contributed by atoms with Crippen LogP contribution in [0.2, 0.25) is 0 Å². The first-order chi connectivity index (χ1) is 17.0. The van der Waals surface area contributed by atoms with Gasteiger partial charge in [-0.05, 0) is 36.4 Å². The first-order valence-corrected chi connectivity index (χ1v) is 11.3. The molecule has 0 bridgehead atoms. The van der Waals surface area contributed by atoms with E-state index in [2.05, 4.69) is 10.3 Å². The van der Waals surface area contributed by atoms with Gasteiger partial charge in [0.2, 0.25) is 0 Å². The molecule has 2 aliphatic heterocycles. The van der Waals surface area contributed by atoms with E-state index in [1.807, 2.05) is 4.90 Å². The Labute approximate surface area is 201 Å². The van der Waals surface area contributed by atoms with Gasteiger partial charge in [-0.3, -0.25) is 9.69 Å². The molecule has 11 heteroatoms. The van der Waals surface area contributed by atoms with Gasteiger partial charge in [0.25, 0.3) is 5.91 Å². The molecule has 2 aliphatic rings. The smallest absolute Gasteiger partial charge is 0.414 e. The molecule has 0 radical (unpaired) electrons. The molecule has 0 unspecified atom stereocenters. The average Bonchev–Trinajstić information content (AvgIpc) is 3.53. The fraction of sp³-hybridized carbons (Fsp3) is 0.333. The van der Waals surface area contributed by atoms with Crippen molar-refractivity contribution in [1.29, 1.82) is 0 Å². The van der Waals surface area contributed by atoms with Gasteiger partial charge < -0.3 is 19.3 Å². The molecule has 2 fully saturated rings. The van der Waals surface area contributed by atoms with Crippen molar-refractivity contribution >= 4 is 23.4 Å². The van der Waals surface area contributed by atoms with E-state index in [0.29, 0.717) is 62.0 Å². The number of nitrogens with zero attached hydrogens (tertiary/aromatic N) is 6. The molecule has 2 aromatic carbocycles. The summed E-state index contributed by atoms with van der Waals surface area (Å²) in [5, 5.41) is 7.62. The molecule has 0 aliphatic carbocycles. The molecule has 3 heterocycles. The lowest BCUT2D eigenvalue weighted by Gasteiger charge is -2.36. The van der Waals surface area contributed by atoms with Crippen molar-refractivity contribution in [3.8, 4) is 5.75 Å². The molecule has 1 aromatic heterocycles. The maximum absolute atomic E-state index is 15.1. The molecule has 5 rings (SSSR count). The minimum absolute atomic E-state index is 0.0765. The number of methoxy groups -OCH3 is 1. The van der Waals surface area contributed by atoms with Crippen LogP contribution in [0.1, 0.15) is 10.4 Å². The fourth-order valence-corrected chi connectivity index (χ4v) is 4.38. The largest absolute Gasteiger partial charge is 0.497 e. The van der Waals surface area contributed by atoms with Crippen LogP contribution in [-0.4, -0.2) is 77.8 Å². The Balaban J connectivity index is 1.21. The van der Waals surface area contributed by atoms with Crippen molar-refractivity contribution in [3.63, 3.8) is 0 Å². The van der Waals surface area contributed by atoms with Gasteiger partial charge in [-0.25, -0.2) is 13.9 Å². The van der Waals surface area contributed by atoms with E-state index in [9.17, 15) is 9.59 Å². The van der Waals surface area contributed by atoms with Crippen LogP contribution in [-0.2, 0) is 11.3 Å². The number of amides is 2. The van der Waals surface area contributed by atoms with Gasteiger partial charge in [-0.2, -0.15) is 0 Å². The highest BCUT2D eigenvalue weighted by Gasteiger charge is 2.33. The Morgan fingerprint density at radius 3 is 2.71 bits per heavy atom. The first kappa shape index (κ1) is 22.6. The molecule has 10 nitrogen and oxygen atoms in total. The van der Waals surface area contributed by atoms with Crippen LogP contribution in [0.3, 0.4) is 0 Å². The highest BCUT2D eigenvalue weighted by molar-refractivity contribution is 5.95. The number of benzene rings is 2. The Morgan fingerprint density at radius 1 is 1.17 bits per heavy atom. The third-order valence-corrected chi connectivity index (χ3v) is 6.20. The maximum atomic E-state index is 15.1. The van der Waals surface area contributed by atoms with Gasteiger partial charge in [-0.1, -0.05) is 11.3 Å². The van der Waals surface area contributed by atoms with E-state index in [4.69, 9.17) is 9.47 Å². The molecule has 1 atom stereocenters. The highest BCUT2D eigenvalue weighted by atomic mass is 19.1. The lowest BCUT2D eigenvalue weighted by atomic mass is 10.1. The fourth-order valence-electron chi connectivity index (χ4n) is 4.38. The van der Waals surface area contributed by atoms with Gasteiger partial charge in [0.1, 0.15) is 17.7 Å². The number of cyclic esters (lactones) is 1. The third-order valence-electron chi connectivity index (χ3n) is 6.20. The summed E-state index contributed by atoms with van der Waals surface area (Å²) in [6.07, 6.45) is 2.32. The van der Waals surface area contributed by atoms with E-state index in [1.165, 1.54) is 11.0 Å². The van der Waals surface area contributed by atoms with Crippen LogP contribution in [0.25, 0.3) is 0 Å². The van der Waals surface area contributed by atoms with Gasteiger partial charge in [0.05, 0.1) is 37.8 Å². The molecule has 35 heavy (non-hydrogen) atoms. The number of rotatable bonds is 6. The molecule has 2 amide bonds. The number of carbonyl (C=O) groups excluding carboxylic acids is 2. The topological polar surface area (TPSA) is 93.0 Å². The number of aromatic nitrogens is 3. The minimum Gasteiger partial charge on any atom is -0.497 e. The summed E-state index contributed by atoms with van der Waals surface area (Å²) in [6.45, 7) is 2.61. The molecule has 0 saturated carbocycles. The first-order valence-electron chi connectivity index (χ1n) is 11.3. The Bertz CT molecular complexity index is 1210. The van der Waals surface area contributed by atoms with E-state index in [1.54, 1.807) is 65.5 Å². The molecular formula is C24H25FN6O4. The zero-order valence-corrected chi connectivity index (χ0v) is 19.2. The Hall–Kier alpha value is -4.15.